The van der Waals surface area contributed by atoms with Crippen LogP contribution in [-0.4, -0.2) is 18.2 Å². The minimum absolute atomic E-state index is 0.0313. The van der Waals surface area contributed by atoms with Crippen molar-refractivity contribution in [2.24, 2.45) is 0 Å². The van der Waals surface area contributed by atoms with E-state index in [9.17, 15) is 4.79 Å². The highest BCUT2D eigenvalue weighted by atomic mass is 35.5. The number of hydrogen-bond acceptors (Lipinski definition) is 2. The predicted octanol–water partition coefficient (Wildman–Crippen LogP) is 3.72. The van der Waals surface area contributed by atoms with Gasteiger partial charge >= 0.3 is 5.97 Å². The monoisotopic (exact) mass is 270 g/mol. The SMILES string of the molecule is COc1cc(C)c(Cl)c(C)c1C(C)(C)CC(=O)O. The van der Waals surface area contributed by atoms with Crippen molar-refractivity contribution in [3.8, 4) is 5.75 Å². The van der Waals surface area contributed by atoms with Crippen LogP contribution in [-0.2, 0) is 10.2 Å². The fourth-order valence-electron chi connectivity index (χ4n) is 2.39. The molecule has 0 atom stereocenters. The molecule has 1 aromatic rings. The summed E-state index contributed by atoms with van der Waals surface area (Å²) in [5.74, 6) is -0.140. The first kappa shape index (κ1) is 14.8. The van der Waals surface area contributed by atoms with E-state index in [4.69, 9.17) is 21.4 Å². The van der Waals surface area contributed by atoms with Gasteiger partial charge < -0.3 is 9.84 Å². The van der Waals surface area contributed by atoms with Crippen molar-refractivity contribution in [2.75, 3.05) is 7.11 Å². The van der Waals surface area contributed by atoms with Crippen molar-refractivity contribution in [3.05, 3.63) is 27.8 Å². The summed E-state index contributed by atoms with van der Waals surface area (Å²) in [7, 11) is 1.59. The van der Waals surface area contributed by atoms with Crippen LogP contribution < -0.4 is 4.74 Å². The van der Waals surface area contributed by atoms with Crippen LogP contribution in [0.15, 0.2) is 6.07 Å². The largest absolute Gasteiger partial charge is 0.496 e. The van der Waals surface area contributed by atoms with Gasteiger partial charge in [0.05, 0.1) is 13.5 Å². The Hall–Kier alpha value is -1.22. The fourth-order valence-corrected chi connectivity index (χ4v) is 2.54. The highest BCUT2D eigenvalue weighted by Crippen LogP contribution is 2.41. The number of carboxylic acids is 1. The highest BCUT2D eigenvalue weighted by Gasteiger charge is 2.30. The molecular weight excluding hydrogens is 252 g/mol. The van der Waals surface area contributed by atoms with Crippen LogP contribution in [0.1, 0.15) is 37.0 Å². The number of hydrogen-bond donors (Lipinski definition) is 1. The van der Waals surface area contributed by atoms with Crippen LogP contribution >= 0.6 is 11.6 Å². The molecule has 0 aliphatic carbocycles. The molecule has 1 aromatic carbocycles. The molecule has 4 heteroatoms. The van der Waals surface area contributed by atoms with Gasteiger partial charge in [-0.05, 0) is 31.0 Å². The van der Waals surface area contributed by atoms with Crippen LogP contribution in [0.25, 0.3) is 0 Å². The van der Waals surface area contributed by atoms with Gasteiger partial charge in [0.15, 0.2) is 0 Å². The summed E-state index contributed by atoms with van der Waals surface area (Å²) in [5, 5.41) is 9.69. The first-order chi connectivity index (χ1) is 8.20. The third kappa shape index (κ3) is 2.78. The van der Waals surface area contributed by atoms with Crippen LogP contribution in [0.5, 0.6) is 5.75 Å². The van der Waals surface area contributed by atoms with Crippen molar-refractivity contribution >= 4 is 17.6 Å². The van der Waals surface area contributed by atoms with Crippen LogP contribution in [0, 0.1) is 13.8 Å². The molecule has 1 N–H and O–H groups in total. The van der Waals surface area contributed by atoms with Crippen molar-refractivity contribution in [3.63, 3.8) is 0 Å². The summed E-state index contributed by atoms with van der Waals surface area (Å²) < 4.78 is 5.38. The third-order valence-corrected chi connectivity index (χ3v) is 3.72. The van der Waals surface area contributed by atoms with Crippen molar-refractivity contribution in [1.29, 1.82) is 0 Å². The second-order valence-corrected chi connectivity index (χ2v) is 5.54. The van der Waals surface area contributed by atoms with Crippen LogP contribution in [0.4, 0.5) is 0 Å². The zero-order chi connectivity index (χ0) is 14.1. The van der Waals surface area contributed by atoms with Gasteiger partial charge in [-0.25, -0.2) is 0 Å². The molecule has 0 heterocycles. The van der Waals surface area contributed by atoms with E-state index in [-0.39, 0.29) is 6.42 Å². The molecule has 18 heavy (non-hydrogen) atoms. The molecule has 0 aliphatic heterocycles. The Morgan fingerprint density at radius 1 is 1.44 bits per heavy atom. The Labute approximate surface area is 113 Å². The van der Waals surface area contributed by atoms with Gasteiger partial charge in [0.1, 0.15) is 5.75 Å². The summed E-state index contributed by atoms with van der Waals surface area (Å²) in [5.41, 5.74) is 2.15. The third-order valence-electron chi connectivity index (χ3n) is 3.13. The first-order valence-electron chi connectivity index (χ1n) is 5.76. The Kier molecular flexibility index (Phi) is 4.28. The maximum atomic E-state index is 11.0. The lowest BCUT2D eigenvalue weighted by atomic mass is 9.78. The number of methoxy groups -OCH3 is 1. The molecule has 0 radical (unpaired) electrons. The molecule has 0 unspecified atom stereocenters. The maximum Gasteiger partial charge on any atom is 0.304 e. The average Bonchev–Trinajstić information content (AvgIpc) is 2.22. The summed E-state index contributed by atoms with van der Waals surface area (Å²) in [6, 6.07) is 1.86. The second kappa shape index (κ2) is 5.19. The van der Waals surface area contributed by atoms with Gasteiger partial charge in [0.2, 0.25) is 0 Å². The molecule has 3 nitrogen and oxygen atoms in total. The van der Waals surface area contributed by atoms with Gasteiger partial charge in [-0.1, -0.05) is 25.4 Å². The van der Waals surface area contributed by atoms with Gasteiger partial charge in [0.25, 0.3) is 0 Å². The molecule has 0 saturated carbocycles. The number of halogens is 1. The summed E-state index contributed by atoms with van der Waals surface area (Å²) >= 11 is 6.25. The zero-order valence-corrected chi connectivity index (χ0v) is 12.2. The summed E-state index contributed by atoms with van der Waals surface area (Å²) in [6.45, 7) is 7.58. The van der Waals surface area contributed by atoms with E-state index >= 15 is 0 Å². The molecular formula is C14H19ClO3. The van der Waals surface area contributed by atoms with Crippen molar-refractivity contribution < 1.29 is 14.6 Å². The molecule has 0 amide bonds. The molecule has 100 valence electrons. The molecule has 1 rings (SSSR count). The van der Waals surface area contributed by atoms with Gasteiger partial charge in [-0.15, -0.1) is 0 Å². The van der Waals surface area contributed by atoms with Crippen molar-refractivity contribution in [2.45, 2.75) is 39.5 Å². The van der Waals surface area contributed by atoms with Crippen LogP contribution in [0.2, 0.25) is 5.02 Å². The lowest BCUT2D eigenvalue weighted by Gasteiger charge is -2.28. The van der Waals surface area contributed by atoms with E-state index in [1.165, 1.54) is 0 Å². The van der Waals surface area contributed by atoms with Gasteiger partial charge in [-0.2, -0.15) is 0 Å². The molecule has 0 aromatic heterocycles. The molecule has 0 fully saturated rings. The molecule has 0 spiro atoms. The second-order valence-electron chi connectivity index (χ2n) is 5.16. The lowest BCUT2D eigenvalue weighted by Crippen LogP contribution is -2.24. The standard InChI is InChI=1S/C14H19ClO3/c1-8-6-10(18-5)12(9(2)13(8)15)14(3,4)7-11(16)17/h6H,7H2,1-5H3,(H,16,17). The molecule has 0 aliphatic rings. The van der Waals surface area contributed by atoms with E-state index in [1.807, 2.05) is 33.8 Å². The van der Waals surface area contributed by atoms with Gasteiger partial charge in [-0.3, -0.25) is 4.79 Å². The Balaban J connectivity index is 3.47. The van der Waals surface area contributed by atoms with E-state index < -0.39 is 11.4 Å². The van der Waals surface area contributed by atoms with E-state index in [2.05, 4.69) is 0 Å². The van der Waals surface area contributed by atoms with Crippen LogP contribution in [0.3, 0.4) is 0 Å². The number of ether oxygens (including phenoxy) is 1. The molecule has 0 bridgehead atoms. The smallest absolute Gasteiger partial charge is 0.304 e. The number of rotatable bonds is 4. The van der Waals surface area contributed by atoms with Crippen molar-refractivity contribution in [1.82, 2.24) is 0 Å². The zero-order valence-electron chi connectivity index (χ0n) is 11.4. The number of carboxylic acid groups (broad SMARTS) is 1. The molecule has 0 saturated heterocycles. The van der Waals surface area contributed by atoms with E-state index in [0.29, 0.717) is 10.8 Å². The quantitative estimate of drug-likeness (QED) is 0.907. The average molecular weight is 271 g/mol. The first-order valence-corrected chi connectivity index (χ1v) is 6.14. The summed E-state index contributed by atoms with van der Waals surface area (Å²) in [6.07, 6.45) is 0.0313. The minimum Gasteiger partial charge on any atom is -0.496 e. The Bertz CT molecular complexity index is 478. The summed E-state index contributed by atoms with van der Waals surface area (Å²) in [4.78, 5) is 11.0. The van der Waals surface area contributed by atoms with Gasteiger partial charge in [0, 0.05) is 16.0 Å². The number of carbonyl (C=O) groups is 1. The minimum atomic E-state index is -0.835. The number of aryl methyl sites for hydroxylation is 1. The maximum absolute atomic E-state index is 11.0. The van der Waals surface area contributed by atoms with E-state index in [0.717, 1.165) is 16.7 Å². The lowest BCUT2D eigenvalue weighted by molar-refractivity contribution is -0.138. The number of benzene rings is 1. The Morgan fingerprint density at radius 2 is 2.00 bits per heavy atom. The topological polar surface area (TPSA) is 46.5 Å². The number of aliphatic carboxylic acids is 1. The van der Waals surface area contributed by atoms with E-state index in [1.54, 1.807) is 7.11 Å². The fraction of sp³-hybridized carbons (Fsp3) is 0.500. The predicted molar refractivity (Wildman–Crippen MR) is 72.8 cm³/mol. The highest BCUT2D eigenvalue weighted by molar-refractivity contribution is 6.32. The Morgan fingerprint density at radius 3 is 2.44 bits per heavy atom. The normalized spacial score (nSPS) is 11.4.